The van der Waals surface area contributed by atoms with Gasteiger partial charge >= 0.3 is 0 Å². The van der Waals surface area contributed by atoms with E-state index in [4.69, 9.17) is 11.6 Å². The highest BCUT2D eigenvalue weighted by atomic mass is 35.5. The second-order valence-corrected chi connectivity index (χ2v) is 6.86. The van der Waals surface area contributed by atoms with E-state index in [0.29, 0.717) is 23.7 Å². The highest BCUT2D eigenvalue weighted by molar-refractivity contribution is 6.31. The zero-order valence-electron chi connectivity index (χ0n) is 13.8. The van der Waals surface area contributed by atoms with Crippen molar-refractivity contribution in [1.29, 1.82) is 0 Å². The van der Waals surface area contributed by atoms with Crippen LogP contribution < -0.4 is 0 Å². The zero-order valence-corrected chi connectivity index (χ0v) is 14.5. The molecule has 3 nitrogen and oxygen atoms in total. The van der Waals surface area contributed by atoms with E-state index in [2.05, 4.69) is 0 Å². The number of amides is 1. The van der Waals surface area contributed by atoms with Crippen molar-refractivity contribution in [3.63, 3.8) is 0 Å². The SMILES string of the molecule is Cc1ccc(C(=O)N2CCC(C(O)c3ccccc3)CC2)cc1Cl. The Morgan fingerprint density at radius 1 is 1.17 bits per heavy atom. The molecule has 1 aliphatic heterocycles. The number of rotatable bonds is 3. The third-order valence-corrected chi connectivity index (χ3v) is 5.24. The van der Waals surface area contributed by atoms with Crippen molar-refractivity contribution in [2.45, 2.75) is 25.9 Å². The average Bonchev–Trinajstić information content (AvgIpc) is 2.63. The molecule has 0 radical (unpaired) electrons. The minimum atomic E-state index is -0.461. The topological polar surface area (TPSA) is 40.5 Å². The maximum Gasteiger partial charge on any atom is 0.253 e. The van der Waals surface area contributed by atoms with Crippen LogP contribution in [0.5, 0.6) is 0 Å². The fourth-order valence-electron chi connectivity index (χ4n) is 3.25. The van der Waals surface area contributed by atoms with E-state index in [1.807, 2.05) is 54.3 Å². The molecule has 1 saturated heterocycles. The number of benzene rings is 2. The van der Waals surface area contributed by atoms with E-state index >= 15 is 0 Å². The Hall–Kier alpha value is -1.84. The molecule has 1 fully saturated rings. The highest BCUT2D eigenvalue weighted by Gasteiger charge is 2.28. The number of halogens is 1. The molecule has 24 heavy (non-hydrogen) atoms. The van der Waals surface area contributed by atoms with Crippen molar-refractivity contribution in [2.75, 3.05) is 13.1 Å². The van der Waals surface area contributed by atoms with Gasteiger partial charge in [-0.15, -0.1) is 0 Å². The Morgan fingerprint density at radius 2 is 1.83 bits per heavy atom. The Labute approximate surface area is 147 Å². The van der Waals surface area contributed by atoms with Crippen molar-refractivity contribution in [1.82, 2.24) is 4.90 Å². The third-order valence-electron chi connectivity index (χ3n) is 4.83. The van der Waals surface area contributed by atoms with Gasteiger partial charge in [-0.25, -0.2) is 0 Å². The lowest BCUT2D eigenvalue weighted by atomic mass is 9.87. The van der Waals surface area contributed by atoms with Crippen molar-refractivity contribution >= 4 is 17.5 Å². The molecular formula is C20H22ClNO2. The second kappa shape index (κ2) is 7.37. The zero-order chi connectivity index (χ0) is 17.1. The summed E-state index contributed by atoms with van der Waals surface area (Å²) in [7, 11) is 0. The van der Waals surface area contributed by atoms with Crippen LogP contribution in [0.25, 0.3) is 0 Å². The van der Waals surface area contributed by atoms with Gasteiger partial charge in [0.2, 0.25) is 0 Å². The largest absolute Gasteiger partial charge is 0.388 e. The average molecular weight is 344 g/mol. The van der Waals surface area contributed by atoms with Crippen molar-refractivity contribution in [3.05, 3.63) is 70.2 Å². The van der Waals surface area contributed by atoms with Gasteiger partial charge in [0.05, 0.1) is 6.10 Å². The number of likely N-dealkylation sites (tertiary alicyclic amines) is 1. The maximum absolute atomic E-state index is 12.6. The van der Waals surface area contributed by atoms with E-state index in [9.17, 15) is 9.90 Å². The predicted octanol–water partition coefficient (Wildman–Crippen LogP) is 4.23. The number of hydrogen-bond acceptors (Lipinski definition) is 2. The summed E-state index contributed by atoms with van der Waals surface area (Å²) in [5, 5.41) is 11.2. The summed E-state index contributed by atoms with van der Waals surface area (Å²) in [4.78, 5) is 14.5. The van der Waals surface area contributed by atoms with Crippen molar-refractivity contribution in [2.24, 2.45) is 5.92 Å². The first-order valence-corrected chi connectivity index (χ1v) is 8.72. The molecule has 1 atom stereocenters. The van der Waals surface area contributed by atoms with Crippen LogP contribution in [0.15, 0.2) is 48.5 Å². The summed E-state index contributed by atoms with van der Waals surface area (Å²) in [6, 6.07) is 15.2. The van der Waals surface area contributed by atoms with E-state index < -0.39 is 6.10 Å². The molecule has 1 unspecified atom stereocenters. The number of carbonyl (C=O) groups is 1. The van der Waals surface area contributed by atoms with Gasteiger partial charge < -0.3 is 10.0 Å². The lowest BCUT2D eigenvalue weighted by Gasteiger charge is -2.34. The van der Waals surface area contributed by atoms with Crippen LogP contribution >= 0.6 is 11.6 Å². The standard InChI is InChI=1S/C20H22ClNO2/c1-14-7-8-17(13-18(14)21)20(24)22-11-9-16(10-12-22)19(23)15-5-3-2-4-6-15/h2-8,13,16,19,23H,9-12H2,1H3. The van der Waals surface area contributed by atoms with Gasteiger partial charge in [0.25, 0.3) is 5.91 Å². The smallest absolute Gasteiger partial charge is 0.253 e. The molecule has 2 aromatic rings. The van der Waals surface area contributed by atoms with Crippen molar-refractivity contribution in [3.8, 4) is 0 Å². The summed E-state index contributed by atoms with van der Waals surface area (Å²) >= 11 is 6.13. The fourth-order valence-corrected chi connectivity index (χ4v) is 3.43. The maximum atomic E-state index is 12.6. The number of aliphatic hydroxyl groups excluding tert-OH is 1. The van der Waals surface area contributed by atoms with Gasteiger partial charge in [0.1, 0.15) is 0 Å². The number of hydrogen-bond donors (Lipinski definition) is 1. The molecular weight excluding hydrogens is 322 g/mol. The monoisotopic (exact) mass is 343 g/mol. The molecule has 0 bridgehead atoms. The van der Waals surface area contributed by atoms with E-state index in [1.165, 1.54) is 0 Å². The summed E-state index contributed by atoms with van der Waals surface area (Å²) in [6.45, 7) is 3.25. The molecule has 0 aliphatic carbocycles. The number of nitrogens with zero attached hydrogens (tertiary/aromatic N) is 1. The van der Waals surface area contributed by atoms with E-state index in [1.54, 1.807) is 6.07 Å². The van der Waals surface area contributed by atoms with Crippen LogP contribution in [-0.2, 0) is 0 Å². The Bertz CT molecular complexity index is 709. The summed E-state index contributed by atoms with van der Waals surface area (Å²) in [6.07, 6.45) is 1.15. The van der Waals surface area contributed by atoms with Crippen LogP contribution in [0.2, 0.25) is 5.02 Å². The molecule has 2 aromatic carbocycles. The Balaban J connectivity index is 1.62. The normalized spacial score (nSPS) is 16.9. The first kappa shape index (κ1) is 17.0. The Morgan fingerprint density at radius 3 is 2.46 bits per heavy atom. The molecule has 1 N–H and O–H groups in total. The van der Waals surface area contributed by atoms with Gasteiger partial charge in [-0.2, -0.15) is 0 Å². The Kier molecular flexibility index (Phi) is 5.22. The number of aliphatic hydroxyl groups is 1. The number of piperidine rings is 1. The molecule has 1 amide bonds. The molecule has 0 spiro atoms. The predicted molar refractivity (Wildman–Crippen MR) is 96.2 cm³/mol. The van der Waals surface area contributed by atoms with Crippen LogP contribution in [0.4, 0.5) is 0 Å². The van der Waals surface area contributed by atoms with Crippen molar-refractivity contribution < 1.29 is 9.90 Å². The molecule has 3 rings (SSSR count). The lowest BCUT2D eigenvalue weighted by Crippen LogP contribution is -2.39. The lowest BCUT2D eigenvalue weighted by molar-refractivity contribution is 0.0462. The highest BCUT2D eigenvalue weighted by Crippen LogP contribution is 2.31. The number of aryl methyl sites for hydroxylation is 1. The van der Waals surface area contributed by atoms with Gasteiger partial charge in [-0.1, -0.05) is 48.0 Å². The van der Waals surface area contributed by atoms with Gasteiger partial charge in [0, 0.05) is 23.7 Å². The van der Waals surface area contributed by atoms with Gasteiger partial charge in [-0.3, -0.25) is 4.79 Å². The summed E-state index contributed by atoms with van der Waals surface area (Å²) < 4.78 is 0. The van der Waals surface area contributed by atoms with Gasteiger partial charge in [-0.05, 0) is 48.9 Å². The molecule has 1 heterocycles. The van der Waals surface area contributed by atoms with Crippen LogP contribution in [-0.4, -0.2) is 29.0 Å². The number of carbonyl (C=O) groups excluding carboxylic acids is 1. The first-order chi connectivity index (χ1) is 11.6. The van der Waals surface area contributed by atoms with Gasteiger partial charge in [0.15, 0.2) is 0 Å². The van der Waals surface area contributed by atoms with E-state index in [-0.39, 0.29) is 11.8 Å². The molecule has 4 heteroatoms. The van der Waals surface area contributed by atoms with Crippen LogP contribution in [0.3, 0.4) is 0 Å². The molecule has 0 aromatic heterocycles. The van der Waals surface area contributed by atoms with Crippen LogP contribution in [0, 0.1) is 12.8 Å². The minimum Gasteiger partial charge on any atom is -0.388 e. The van der Waals surface area contributed by atoms with E-state index in [0.717, 1.165) is 24.0 Å². The third kappa shape index (κ3) is 3.63. The summed E-state index contributed by atoms with van der Waals surface area (Å²) in [5.41, 5.74) is 2.55. The fraction of sp³-hybridized carbons (Fsp3) is 0.350. The molecule has 1 aliphatic rings. The summed E-state index contributed by atoms with van der Waals surface area (Å²) in [5.74, 6) is 0.211. The molecule has 0 saturated carbocycles. The quantitative estimate of drug-likeness (QED) is 0.905. The first-order valence-electron chi connectivity index (χ1n) is 8.34. The van der Waals surface area contributed by atoms with Crippen LogP contribution in [0.1, 0.15) is 40.4 Å². The minimum absolute atomic E-state index is 0.0181. The second-order valence-electron chi connectivity index (χ2n) is 6.45. The molecule has 126 valence electrons.